The van der Waals surface area contributed by atoms with Crippen molar-refractivity contribution in [2.24, 2.45) is 0 Å². The van der Waals surface area contributed by atoms with Crippen molar-refractivity contribution in [1.82, 2.24) is 4.90 Å². The first-order valence-electron chi connectivity index (χ1n) is 7.87. The Balaban J connectivity index is 1.94. The normalized spacial score (nSPS) is 14.4. The molecule has 0 spiro atoms. The number of hydrogen-bond donors (Lipinski definition) is 0. The number of imide groups is 1. The first-order valence-corrected chi connectivity index (χ1v) is 8.40. The molecule has 5 nitrogen and oxygen atoms in total. The fourth-order valence-corrected chi connectivity index (χ4v) is 2.97. The molecule has 1 aliphatic heterocycles. The van der Waals surface area contributed by atoms with Gasteiger partial charge in [0, 0.05) is 0 Å². The molecule has 0 aliphatic carbocycles. The number of fused-ring (bicyclic) bond motifs is 1. The van der Waals surface area contributed by atoms with E-state index in [1.54, 1.807) is 48.5 Å². The Morgan fingerprint density at radius 1 is 0.960 bits per heavy atom. The highest BCUT2D eigenvalue weighted by molar-refractivity contribution is 6.21. The van der Waals surface area contributed by atoms with Crippen LogP contribution in [0, 0.1) is 0 Å². The molecule has 1 atom stereocenters. The maximum absolute atomic E-state index is 12.7. The van der Waals surface area contributed by atoms with Crippen LogP contribution in [0.2, 0.25) is 0 Å². The second-order valence-corrected chi connectivity index (χ2v) is 5.94. The highest BCUT2D eigenvalue weighted by atomic mass is 35.5. The summed E-state index contributed by atoms with van der Waals surface area (Å²) in [7, 11) is 0. The molecule has 0 fully saturated rings. The van der Waals surface area contributed by atoms with E-state index in [4.69, 9.17) is 16.3 Å². The summed E-state index contributed by atoms with van der Waals surface area (Å²) < 4.78 is 5.03. The highest BCUT2D eigenvalue weighted by Crippen LogP contribution is 2.33. The van der Waals surface area contributed by atoms with Gasteiger partial charge in [0.1, 0.15) is 6.61 Å². The molecule has 2 amide bonds. The lowest BCUT2D eigenvalue weighted by molar-refractivity contribution is -0.144. The smallest absolute Gasteiger partial charge is 0.308 e. The monoisotopic (exact) mass is 357 g/mol. The van der Waals surface area contributed by atoms with Crippen molar-refractivity contribution in [2.75, 3.05) is 12.5 Å². The number of halogens is 1. The van der Waals surface area contributed by atoms with Gasteiger partial charge in [-0.05, 0) is 17.7 Å². The number of rotatable bonds is 6. The number of hydrogen-bond acceptors (Lipinski definition) is 4. The Morgan fingerprint density at radius 3 is 2.08 bits per heavy atom. The van der Waals surface area contributed by atoms with Crippen LogP contribution in [-0.4, -0.2) is 35.2 Å². The third-order valence-corrected chi connectivity index (χ3v) is 4.18. The molecular weight excluding hydrogens is 342 g/mol. The maximum atomic E-state index is 12.7. The number of esters is 1. The lowest BCUT2D eigenvalue weighted by Crippen LogP contribution is -2.35. The number of amides is 2. The lowest BCUT2D eigenvalue weighted by atomic mass is 10.0. The van der Waals surface area contributed by atoms with Crippen LogP contribution in [0.4, 0.5) is 0 Å². The molecule has 0 radical (unpaired) electrons. The Bertz CT molecular complexity index is 771. The predicted molar refractivity (Wildman–Crippen MR) is 92.4 cm³/mol. The van der Waals surface area contributed by atoms with Crippen LogP contribution in [0.1, 0.15) is 38.7 Å². The average molecular weight is 358 g/mol. The zero-order valence-electron chi connectivity index (χ0n) is 13.4. The van der Waals surface area contributed by atoms with Crippen molar-refractivity contribution in [3.63, 3.8) is 0 Å². The van der Waals surface area contributed by atoms with Crippen molar-refractivity contribution in [2.45, 2.75) is 12.5 Å². The summed E-state index contributed by atoms with van der Waals surface area (Å²) in [6, 6.07) is 14.9. The van der Waals surface area contributed by atoms with Crippen molar-refractivity contribution in [3.05, 3.63) is 71.3 Å². The van der Waals surface area contributed by atoms with Crippen molar-refractivity contribution < 1.29 is 19.1 Å². The summed E-state index contributed by atoms with van der Waals surface area (Å²) in [4.78, 5) is 38.7. The zero-order valence-corrected chi connectivity index (χ0v) is 14.1. The number of carbonyl (C=O) groups excluding carboxylic acids is 3. The van der Waals surface area contributed by atoms with Crippen molar-refractivity contribution >= 4 is 29.4 Å². The third kappa shape index (κ3) is 3.42. The van der Waals surface area contributed by atoms with E-state index in [9.17, 15) is 14.4 Å². The fourth-order valence-electron chi connectivity index (χ4n) is 2.89. The van der Waals surface area contributed by atoms with E-state index in [1.807, 2.05) is 6.07 Å². The van der Waals surface area contributed by atoms with Gasteiger partial charge in [-0.3, -0.25) is 19.3 Å². The second-order valence-electron chi connectivity index (χ2n) is 5.57. The average Bonchev–Trinajstić information content (AvgIpc) is 2.90. The number of carbonyl (C=O) groups is 3. The standard InChI is InChI=1S/C19H16ClNO4/c20-10-11-25-17(22)12-16(13-6-2-1-3-7-13)21-18(23)14-8-4-5-9-15(14)19(21)24/h1-9,16H,10-12H2/t16-/m1/s1. The van der Waals surface area contributed by atoms with Gasteiger partial charge in [-0.25, -0.2) is 0 Å². The van der Waals surface area contributed by atoms with Crippen LogP contribution < -0.4 is 0 Å². The summed E-state index contributed by atoms with van der Waals surface area (Å²) in [6.45, 7) is 0.0873. The summed E-state index contributed by atoms with van der Waals surface area (Å²) in [5.74, 6) is -1.13. The Kier molecular flexibility index (Phi) is 5.14. The van der Waals surface area contributed by atoms with E-state index in [0.717, 1.165) is 4.90 Å². The minimum Gasteiger partial charge on any atom is -0.464 e. The van der Waals surface area contributed by atoms with Gasteiger partial charge in [-0.15, -0.1) is 11.6 Å². The molecule has 3 rings (SSSR count). The van der Waals surface area contributed by atoms with E-state index in [0.29, 0.717) is 16.7 Å². The molecule has 0 saturated heterocycles. The van der Waals surface area contributed by atoms with E-state index >= 15 is 0 Å². The molecule has 1 heterocycles. The molecule has 1 aliphatic rings. The van der Waals surface area contributed by atoms with E-state index in [1.165, 1.54) is 0 Å². The van der Waals surface area contributed by atoms with Crippen LogP contribution in [0.5, 0.6) is 0 Å². The fraction of sp³-hybridized carbons (Fsp3) is 0.211. The van der Waals surface area contributed by atoms with Crippen LogP contribution in [0.25, 0.3) is 0 Å². The van der Waals surface area contributed by atoms with E-state index < -0.39 is 23.8 Å². The molecule has 128 valence electrons. The molecular formula is C19H16ClNO4. The highest BCUT2D eigenvalue weighted by Gasteiger charge is 2.41. The summed E-state index contributed by atoms with van der Waals surface area (Å²) in [5, 5.41) is 0. The van der Waals surface area contributed by atoms with Crippen molar-refractivity contribution in [3.8, 4) is 0 Å². The molecule has 25 heavy (non-hydrogen) atoms. The molecule has 2 aromatic rings. The quantitative estimate of drug-likeness (QED) is 0.452. The summed E-state index contributed by atoms with van der Waals surface area (Å²) >= 11 is 5.54. The van der Waals surface area contributed by atoms with Crippen LogP contribution >= 0.6 is 11.6 Å². The maximum Gasteiger partial charge on any atom is 0.308 e. The molecule has 6 heteroatoms. The minimum atomic E-state index is -0.726. The Labute approximate surface area is 150 Å². The molecule has 0 saturated carbocycles. The summed E-state index contributed by atoms with van der Waals surface area (Å²) in [5.41, 5.74) is 1.39. The molecule has 0 bridgehead atoms. The second kappa shape index (κ2) is 7.49. The third-order valence-electron chi connectivity index (χ3n) is 4.02. The zero-order chi connectivity index (χ0) is 17.8. The van der Waals surface area contributed by atoms with Gasteiger partial charge < -0.3 is 4.74 Å². The van der Waals surface area contributed by atoms with Gasteiger partial charge in [0.25, 0.3) is 11.8 Å². The van der Waals surface area contributed by atoms with Gasteiger partial charge in [0.15, 0.2) is 0 Å². The van der Waals surface area contributed by atoms with Crippen LogP contribution in [-0.2, 0) is 9.53 Å². The Morgan fingerprint density at radius 2 is 1.52 bits per heavy atom. The van der Waals surface area contributed by atoms with Gasteiger partial charge >= 0.3 is 5.97 Å². The van der Waals surface area contributed by atoms with Gasteiger partial charge in [0.05, 0.1) is 29.5 Å². The number of nitrogens with zero attached hydrogens (tertiary/aromatic N) is 1. The van der Waals surface area contributed by atoms with Crippen molar-refractivity contribution in [1.29, 1.82) is 0 Å². The number of benzene rings is 2. The molecule has 0 N–H and O–H groups in total. The van der Waals surface area contributed by atoms with Gasteiger partial charge in [-0.1, -0.05) is 42.5 Å². The Hall–Kier alpha value is -2.66. The number of alkyl halides is 1. The largest absolute Gasteiger partial charge is 0.464 e. The molecule has 0 aromatic heterocycles. The van der Waals surface area contributed by atoms with Gasteiger partial charge in [0.2, 0.25) is 0 Å². The van der Waals surface area contributed by atoms with Crippen LogP contribution in [0.3, 0.4) is 0 Å². The van der Waals surface area contributed by atoms with Gasteiger partial charge in [-0.2, -0.15) is 0 Å². The predicted octanol–water partition coefficient (Wildman–Crippen LogP) is 3.20. The molecule has 2 aromatic carbocycles. The minimum absolute atomic E-state index is 0.0873. The van der Waals surface area contributed by atoms with Crippen LogP contribution in [0.15, 0.2) is 54.6 Å². The number of ether oxygens (including phenoxy) is 1. The SMILES string of the molecule is O=C(C[C@H](c1ccccc1)N1C(=O)c2ccccc2C1=O)OCCCl. The van der Waals surface area contributed by atoms with E-state index in [-0.39, 0.29) is 18.9 Å². The lowest BCUT2D eigenvalue weighted by Gasteiger charge is -2.26. The first-order chi connectivity index (χ1) is 12.1. The first kappa shape index (κ1) is 17.2. The van der Waals surface area contributed by atoms with E-state index in [2.05, 4.69) is 0 Å². The summed E-state index contributed by atoms with van der Waals surface area (Å²) in [6.07, 6.45) is -0.119. The topological polar surface area (TPSA) is 63.7 Å². The molecule has 0 unspecified atom stereocenters.